The van der Waals surface area contributed by atoms with Gasteiger partial charge in [-0.25, -0.2) is 9.18 Å². The number of aromatic nitrogens is 2. The Bertz CT molecular complexity index is 1310. The van der Waals surface area contributed by atoms with E-state index in [2.05, 4.69) is 5.10 Å². The summed E-state index contributed by atoms with van der Waals surface area (Å²) in [5.74, 6) is -1.57. The third-order valence-corrected chi connectivity index (χ3v) is 5.76. The van der Waals surface area contributed by atoms with Crippen molar-refractivity contribution in [2.24, 2.45) is 0 Å². The molecule has 1 aromatic heterocycles. The molecule has 0 saturated heterocycles. The maximum absolute atomic E-state index is 14.2. The number of nitro benzene ring substituents is 1. The maximum Gasteiger partial charge on any atom is 0.347 e. The Balaban J connectivity index is 1.82. The first-order valence-electron chi connectivity index (χ1n) is 9.48. The number of benzene rings is 3. The molecule has 0 bridgehead atoms. The minimum atomic E-state index is -0.899. The molecule has 0 amide bonds. The molecule has 160 valence electrons. The molecule has 0 fully saturated rings. The average molecular weight is 449 g/mol. The summed E-state index contributed by atoms with van der Waals surface area (Å²) in [7, 11) is 0. The van der Waals surface area contributed by atoms with Gasteiger partial charge in [-0.1, -0.05) is 54.2 Å². The van der Waals surface area contributed by atoms with Crippen LogP contribution in [0.4, 0.5) is 10.1 Å². The number of halogens is 1. The molecule has 0 unspecified atom stereocenters. The fourth-order valence-corrected chi connectivity index (χ4v) is 4.03. The van der Waals surface area contributed by atoms with Crippen molar-refractivity contribution in [3.8, 4) is 11.6 Å². The van der Waals surface area contributed by atoms with Gasteiger partial charge in [-0.3, -0.25) is 10.1 Å². The van der Waals surface area contributed by atoms with E-state index in [0.717, 1.165) is 11.8 Å². The zero-order valence-corrected chi connectivity index (χ0v) is 17.6. The lowest BCUT2D eigenvalue weighted by atomic mass is 10.2. The molecule has 3 aromatic carbocycles. The lowest BCUT2D eigenvalue weighted by Gasteiger charge is -2.10. The molecule has 1 heterocycles. The number of ether oxygens (including phenoxy) is 1. The van der Waals surface area contributed by atoms with Gasteiger partial charge in [0.25, 0.3) is 5.69 Å². The fourth-order valence-electron chi connectivity index (χ4n) is 3.02. The summed E-state index contributed by atoms with van der Waals surface area (Å²) in [6.45, 7) is 1.71. The summed E-state index contributed by atoms with van der Waals surface area (Å²) in [5, 5.41) is 15.9. The molecular formula is C23H16FN3O4S. The van der Waals surface area contributed by atoms with E-state index in [4.69, 9.17) is 4.74 Å². The fraction of sp³-hybridized carbons (Fsp3) is 0.0435. The number of hydrogen-bond donors (Lipinski definition) is 0. The van der Waals surface area contributed by atoms with Crippen LogP contribution in [0.1, 0.15) is 16.1 Å². The molecule has 32 heavy (non-hydrogen) atoms. The number of esters is 1. The smallest absolute Gasteiger partial charge is 0.347 e. The highest BCUT2D eigenvalue weighted by atomic mass is 32.2. The van der Waals surface area contributed by atoms with E-state index < -0.39 is 16.7 Å². The molecule has 0 aliphatic heterocycles. The van der Waals surface area contributed by atoms with Crippen molar-refractivity contribution in [1.29, 1.82) is 0 Å². The van der Waals surface area contributed by atoms with Crippen LogP contribution in [0.3, 0.4) is 0 Å². The molecule has 0 spiro atoms. The number of nitrogens with zero attached hydrogens (tertiary/aromatic N) is 3. The maximum atomic E-state index is 14.2. The zero-order valence-electron chi connectivity index (χ0n) is 16.8. The van der Waals surface area contributed by atoms with Crippen molar-refractivity contribution < 1.29 is 18.8 Å². The van der Waals surface area contributed by atoms with Gasteiger partial charge in [0.05, 0.1) is 31.7 Å². The average Bonchev–Trinajstić information content (AvgIpc) is 3.10. The lowest BCUT2D eigenvalue weighted by Crippen LogP contribution is -2.13. The van der Waals surface area contributed by atoms with Gasteiger partial charge in [-0.05, 0) is 37.3 Å². The van der Waals surface area contributed by atoms with Gasteiger partial charge < -0.3 is 4.74 Å². The van der Waals surface area contributed by atoms with Crippen LogP contribution in [0.5, 0.6) is 5.88 Å². The topological polar surface area (TPSA) is 87.3 Å². The number of carbonyl (C=O) groups is 1. The molecule has 4 rings (SSSR count). The van der Waals surface area contributed by atoms with Crippen molar-refractivity contribution in [3.63, 3.8) is 0 Å². The second-order valence-electron chi connectivity index (χ2n) is 6.66. The number of carbonyl (C=O) groups excluding carboxylic acids is 1. The number of para-hydroxylation sites is 2. The van der Waals surface area contributed by atoms with Gasteiger partial charge in [-0.15, -0.1) is 0 Å². The van der Waals surface area contributed by atoms with Gasteiger partial charge in [0.1, 0.15) is 5.82 Å². The molecule has 0 saturated carbocycles. The van der Waals surface area contributed by atoms with Crippen molar-refractivity contribution in [1.82, 2.24) is 9.78 Å². The quantitative estimate of drug-likeness (QED) is 0.216. The molecule has 0 aliphatic carbocycles. The van der Waals surface area contributed by atoms with Crippen LogP contribution < -0.4 is 4.74 Å². The van der Waals surface area contributed by atoms with Crippen LogP contribution in [0.15, 0.2) is 88.7 Å². The zero-order chi connectivity index (χ0) is 22.7. The van der Waals surface area contributed by atoms with Crippen LogP contribution >= 0.6 is 11.8 Å². The molecule has 7 nitrogen and oxygen atoms in total. The number of nitro groups is 1. The first-order chi connectivity index (χ1) is 15.5. The first-order valence-corrected chi connectivity index (χ1v) is 10.3. The molecule has 4 aromatic rings. The van der Waals surface area contributed by atoms with Crippen molar-refractivity contribution in [3.05, 3.63) is 106 Å². The van der Waals surface area contributed by atoms with Gasteiger partial charge >= 0.3 is 5.97 Å². The predicted molar refractivity (Wildman–Crippen MR) is 117 cm³/mol. The third kappa shape index (κ3) is 4.23. The summed E-state index contributed by atoms with van der Waals surface area (Å²) in [6, 6.07) is 20.7. The molecular weight excluding hydrogens is 433 g/mol. The van der Waals surface area contributed by atoms with Gasteiger partial charge in [-0.2, -0.15) is 9.78 Å². The van der Waals surface area contributed by atoms with E-state index >= 15 is 0 Å². The minimum absolute atomic E-state index is 0.0464. The van der Waals surface area contributed by atoms with Crippen LogP contribution in [-0.4, -0.2) is 20.7 Å². The lowest BCUT2D eigenvalue weighted by molar-refractivity contribution is -0.387. The second-order valence-corrected chi connectivity index (χ2v) is 7.72. The van der Waals surface area contributed by atoms with Gasteiger partial charge in [0.15, 0.2) is 0 Å². The molecule has 0 aliphatic rings. The minimum Gasteiger partial charge on any atom is -0.402 e. The third-order valence-electron chi connectivity index (χ3n) is 4.52. The van der Waals surface area contributed by atoms with E-state index in [0.29, 0.717) is 21.2 Å². The van der Waals surface area contributed by atoms with Gasteiger partial charge in [0.2, 0.25) is 5.88 Å². The molecule has 9 heteroatoms. The normalized spacial score (nSPS) is 10.7. The largest absolute Gasteiger partial charge is 0.402 e. The summed E-state index contributed by atoms with van der Waals surface area (Å²) in [6.07, 6.45) is 0. The van der Waals surface area contributed by atoms with Crippen molar-refractivity contribution in [2.45, 2.75) is 16.7 Å². The first kappa shape index (κ1) is 21.3. The van der Waals surface area contributed by atoms with Crippen LogP contribution in [0.25, 0.3) is 5.69 Å². The summed E-state index contributed by atoms with van der Waals surface area (Å²) in [4.78, 5) is 24.5. The second kappa shape index (κ2) is 9.03. The van der Waals surface area contributed by atoms with Gasteiger partial charge in [0, 0.05) is 6.07 Å². The summed E-state index contributed by atoms with van der Waals surface area (Å²) >= 11 is 1.06. The Morgan fingerprint density at radius 3 is 2.41 bits per heavy atom. The van der Waals surface area contributed by atoms with Crippen molar-refractivity contribution in [2.75, 3.05) is 0 Å². The standard InChI is InChI=1S/C23H16FN3O4S/c1-15-21(32-20-14-8-7-13-19(20)27(29)30)22(26(25-15)16-9-3-2-4-10-16)31-23(28)17-11-5-6-12-18(17)24/h2-14H,1H3. The Morgan fingerprint density at radius 2 is 1.69 bits per heavy atom. The number of rotatable bonds is 6. The Labute approximate surface area is 186 Å². The monoisotopic (exact) mass is 449 g/mol. The van der Waals surface area contributed by atoms with Crippen molar-refractivity contribution >= 4 is 23.4 Å². The Morgan fingerprint density at radius 1 is 1.03 bits per heavy atom. The number of aryl methyl sites for hydroxylation is 1. The molecule has 0 radical (unpaired) electrons. The van der Waals surface area contributed by atoms with E-state index in [1.807, 2.05) is 6.07 Å². The summed E-state index contributed by atoms with van der Waals surface area (Å²) < 4.78 is 21.2. The van der Waals surface area contributed by atoms with E-state index in [-0.39, 0.29) is 17.1 Å². The molecule has 0 N–H and O–H groups in total. The Kier molecular flexibility index (Phi) is 6.00. The van der Waals surface area contributed by atoms with E-state index in [1.165, 1.54) is 35.0 Å². The molecule has 0 atom stereocenters. The number of hydrogen-bond acceptors (Lipinski definition) is 6. The summed E-state index contributed by atoms with van der Waals surface area (Å²) in [5.41, 5.74) is 0.790. The van der Waals surface area contributed by atoms with Crippen LogP contribution in [0.2, 0.25) is 0 Å². The SMILES string of the molecule is Cc1nn(-c2ccccc2)c(OC(=O)c2ccccc2F)c1Sc1ccccc1[N+](=O)[O-]. The van der Waals surface area contributed by atoms with E-state index in [9.17, 15) is 19.3 Å². The Hall–Kier alpha value is -3.98. The predicted octanol–water partition coefficient (Wildman–Crippen LogP) is 5.60. The highest BCUT2D eigenvalue weighted by molar-refractivity contribution is 7.99. The van der Waals surface area contributed by atoms with Crippen LogP contribution in [-0.2, 0) is 0 Å². The van der Waals surface area contributed by atoms with E-state index in [1.54, 1.807) is 49.4 Å². The highest BCUT2D eigenvalue weighted by Crippen LogP contribution is 2.42. The highest BCUT2D eigenvalue weighted by Gasteiger charge is 2.26. The van der Waals surface area contributed by atoms with Crippen LogP contribution in [0, 0.1) is 22.9 Å².